The van der Waals surface area contributed by atoms with Crippen molar-refractivity contribution in [3.05, 3.63) is 16.7 Å². The van der Waals surface area contributed by atoms with Crippen molar-refractivity contribution in [3.8, 4) is 5.75 Å². The first-order valence-corrected chi connectivity index (χ1v) is 5.23. The van der Waals surface area contributed by atoms with E-state index in [0.717, 1.165) is 19.6 Å². The molecule has 0 fully saturated rings. The number of ether oxygens (including phenoxy) is 1. The normalized spacial score (nSPS) is 10.5. The molecule has 0 aliphatic carbocycles. The van der Waals surface area contributed by atoms with Crippen LogP contribution >= 0.6 is 0 Å². The van der Waals surface area contributed by atoms with E-state index < -0.39 is 0 Å². The van der Waals surface area contributed by atoms with Gasteiger partial charge in [0.2, 0.25) is 5.75 Å². The Morgan fingerprint density at radius 1 is 1.62 bits per heavy atom. The highest BCUT2D eigenvalue weighted by Gasteiger charge is 2.07. The summed E-state index contributed by atoms with van der Waals surface area (Å²) in [6.07, 6.45) is 1.36. The van der Waals surface area contributed by atoms with Gasteiger partial charge in [0.05, 0.1) is 13.4 Å². The third kappa shape index (κ3) is 3.23. The lowest BCUT2D eigenvalue weighted by atomic mass is 10.4. The molecule has 0 aliphatic heterocycles. The van der Waals surface area contributed by atoms with Crippen LogP contribution in [0.5, 0.6) is 5.75 Å². The van der Waals surface area contributed by atoms with Crippen molar-refractivity contribution >= 4 is 5.82 Å². The Bertz CT molecular complexity index is 377. The summed E-state index contributed by atoms with van der Waals surface area (Å²) in [5.41, 5.74) is -0.274. The van der Waals surface area contributed by atoms with Gasteiger partial charge in [0.25, 0.3) is 5.56 Å². The molecule has 90 valence electrons. The Kier molecular flexibility index (Phi) is 4.78. The second kappa shape index (κ2) is 6.12. The Morgan fingerprint density at radius 2 is 2.38 bits per heavy atom. The van der Waals surface area contributed by atoms with Gasteiger partial charge in [-0.15, -0.1) is 0 Å². The summed E-state index contributed by atoms with van der Waals surface area (Å²) in [6, 6.07) is 0. The molecule has 1 aromatic rings. The molecular formula is C10H18N4O2. The number of likely N-dealkylation sites (N-methyl/N-ethyl adjacent to an activating group) is 1. The Hall–Kier alpha value is -1.56. The van der Waals surface area contributed by atoms with Crippen molar-refractivity contribution in [1.82, 2.24) is 14.9 Å². The van der Waals surface area contributed by atoms with Crippen LogP contribution in [-0.4, -0.2) is 48.7 Å². The first kappa shape index (κ1) is 12.5. The van der Waals surface area contributed by atoms with Crippen LogP contribution in [0.25, 0.3) is 0 Å². The van der Waals surface area contributed by atoms with Crippen LogP contribution in [0.4, 0.5) is 5.82 Å². The molecule has 0 spiro atoms. The van der Waals surface area contributed by atoms with Crippen molar-refractivity contribution in [2.24, 2.45) is 0 Å². The monoisotopic (exact) mass is 226 g/mol. The summed E-state index contributed by atoms with van der Waals surface area (Å²) >= 11 is 0. The molecule has 0 unspecified atom stereocenters. The van der Waals surface area contributed by atoms with Crippen LogP contribution in [0.3, 0.4) is 0 Å². The van der Waals surface area contributed by atoms with Crippen LogP contribution in [-0.2, 0) is 0 Å². The van der Waals surface area contributed by atoms with Gasteiger partial charge in [0, 0.05) is 13.1 Å². The van der Waals surface area contributed by atoms with Gasteiger partial charge in [-0.3, -0.25) is 4.79 Å². The predicted molar refractivity (Wildman–Crippen MR) is 63.1 cm³/mol. The SMILES string of the molecule is CCN(C)CCNc1nc[nH]c(=O)c1OC. The number of hydrogen-bond donors (Lipinski definition) is 2. The second-order valence-corrected chi connectivity index (χ2v) is 3.44. The highest BCUT2D eigenvalue weighted by atomic mass is 16.5. The third-order valence-corrected chi connectivity index (χ3v) is 2.34. The summed E-state index contributed by atoms with van der Waals surface area (Å²) < 4.78 is 4.98. The minimum atomic E-state index is -0.274. The summed E-state index contributed by atoms with van der Waals surface area (Å²) in [7, 11) is 3.49. The fourth-order valence-electron chi connectivity index (χ4n) is 1.23. The number of H-pyrrole nitrogens is 1. The first-order chi connectivity index (χ1) is 7.69. The molecule has 0 saturated heterocycles. The van der Waals surface area contributed by atoms with Crippen LogP contribution < -0.4 is 15.6 Å². The van der Waals surface area contributed by atoms with Gasteiger partial charge in [-0.2, -0.15) is 0 Å². The molecule has 0 radical (unpaired) electrons. The van der Waals surface area contributed by atoms with E-state index in [4.69, 9.17) is 4.74 Å². The van der Waals surface area contributed by atoms with E-state index >= 15 is 0 Å². The molecule has 6 heteroatoms. The van der Waals surface area contributed by atoms with Crippen LogP contribution in [0.1, 0.15) is 6.92 Å². The maximum absolute atomic E-state index is 11.4. The molecular weight excluding hydrogens is 208 g/mol. The Balaban J connectivity index is 2.60. The van der Waals surface area contributed by atoms with Crippen molar-refractivity contribution in [2.75, 3.05) is 39.1 Å². The van der Waals surface area contributed by atoms with E-state index in [9.17, 15) is 4.79 Å². The third-order valence-electron chi connectivity index (χ3n) is 2.34. The number of nitrogens with one attached hydrogen (secondary N) is 2. The topological polar surface area (TPSA) is 70.2 Å². The molecule has 1 aromatic heterocycles. The van der Waals surface area contributed by atoms with E-state index in [2.05, 4.69) is 27.1 Å². The molecule has 0 amide bonds. The fraction of sp³-hybridized carbons (Fsp3) is 0.600. The number of rotatable bonds is 6. The van der Waals surface area contributed by atoms with Gasteiger partial charge in [0.15, 0.2) is 5.82 Å². The zero-order valence-corrected chi connectivity index (χ0v) is 9.91. The Morgan fingerprint density at radius 3 is 3.00 bits per heavy atom. The quantitative estimate of drug-likeness (QED) is 0.722. The maximum Gasteiger partial charge on any atom is 0.295 e. The van der Waals surface area contributed by atoms with E-state index in [0.29, 0.717) is 5.82 Å². The lowest BCUT2D eigenvalue weighted by Gasteiger charge is -2.14. The summed E-state index contributed by atoms with van der Waals surface area (Å²) in [4.78, 5) is 20.0. The summed E-state index contributed by atoms with van der Waals surface area (Å²) in [5.74, 6) is 0.706. The zero-order chi connectivity index (χ0) is 12.0. The Labute approximate surface area is 94.6 Å². The van der Waals surface area contributed by atoms with Gasteiger partial charge in [-0.25, -0.2) is 4.98 Å². The molecule has 2 N–H and O–H groups in total. The van der Waals surface area contributed by atoms with Crippen LogP contribution in [0, 0.1) is 0 Å². The number of methoxy groups -OCH3 is 1. The number of anilines is 1. The van der Waals surface area contributed by atoms with Crippen molar-refractivity contribution in [2.45, 2.75) is 6.92 Å². The van der Waals surface area contributed by atoms with Gasteiger partial charge in [0.1, 0.15) is 0 Å². The minimum Gasteiger partial charge on any atom is -0.489 e. The molecule has 0 bridgehead atoms. The van der Waals surface area contributed by atoms with Crippen LogP contribution in [0.2, 0.25) is 0 Å². The predicted octanol–water partition coefficient (Wildman–Crippen LogP) is 0.142. The number of nitrogens with zero attached hydrogens (tertiary/aromatic N) is 2. The zero-order valence-electron chi connectivity index (χ0n) is 9.91. The number of aromatic nitrogens is 2. The van der Waals surface area contributed by atoms with E-state index in [-0.39, 0.29) is 11.3 Å². The van der Waals surface area contributed by atoms with Gasteiger partial charge in [-0.05, 0) is 13.6 Å². The van der Waals surface area contributed by atoms with Gasteiger partial charge >= 0.3 is 0 Å². The summed E-state index contributed by atoms with van der Waals surface area (Å²) in [5, 5.41) is 3.07. The maximum atomic E-state index is 11.4. The molecule has 1 heterocycles. The molecule has 0 aromatic carbocycles. The molecule has 1 rings (SSSR count). The minimum absolute atomic E-state index is 0.224. The molecule has 0 aliphatic rings. The van der Waals surface area contributed by atoms with E-state index in [1.807, 2.05) is 7.05 Å². The van der Waals surface area contributed by atoms with Crippen molar-refractivity contribution in [1.29, 1.82) is 0 Å². The van der Waals surface area contributed by atoms with Crippen LogP contribution in [0.15, 0.2) is 11.1 Å². The molecule has 16 heavy (non-hydrogen) atoms. The molecule has 0 atom stereocenters. The average molecular weight is 226 g/mol. The fourth-order valence-corrected chi connectivity index (χ4v) is 1.23. The van der Waals surface area contributed by atoms with Gasteiger partial charge < -0.3 is 19.9 Å². The molecule has 0 saturated carbocycles. The van der Waals surface area contributed by atoms with Gasteiger partial charge in [-0.1, -0.05) is 6.92 Å². The lowest BCUT2D eigenvalue weighted by molar-refractivity contribution is 0.366. The van der Waals surface area contributed by atoms with Crippen molar-refractivity contribution in [3.63, 3.8) is 0 Å². The average Bonchev–Trinajstić information content (AvgIpc) is 2.29. The molecule has 6 nitrogen and oxygen atoms in total. The standard InChI is InChI=1S/C10H18N4O2/c1-4-14(2)6-5-11-9-8(16-3)10(15)13-7-12-9/h7H,4-6H2,1-3H3,(H2,11,12,13,15). The highest BCUT2D eigenvalue weighted by Crippen LogP contribution is 2.13. The highest BCUT2D eigenvalue weighted by molar-refractivity contribution is 5.47. The smallest absolute Gasteiger partial charge is 0.295 e. The van der Waals surface area contributed by atoms with E-state index in [1.165, 1.54) is 13.4 Å². The van der Waals surface area contributed by atoms with E-state index in [1.54, 1.807) is 0 Å². The first-order valence-electron chi connectivity index (χ1n) is 5.23. The second-order valence-electron chi connectivity index (χ2n) is 3.44. The largest absolute Gasteiger partial charge is 0.489 e. The lowest BCUT2D eigenvalue weighted by Crippen LogP contribution is -2.25. The summed E-state index contributed by atoms with van der Waals surface area (Å²) in [6.45, 7) is 4.68. The van der Waals surface area contributed by atoms with Crippen molar-refractivity contribution < 1.29 is 4.74 Å². The number of aromatic amines is 1. The number of hydrogen-bond acceptors (Lipinski definition) is 5.